The number of thiazole rings is 1. The van der Waals surface area contributed by atoms with Crippen molar-refractivity contribution in [2.75, 3.05) is 13.2 Å². The van der Waals surface area contributed by atoms with Crippen molar-refractivity contribution in [1.29, 1.82) is 0 Å². The molecule has 1 aromatic heterocycles. The first kappa shape index (κ1) is 14.1. The molecule has 0 bridgehead atoms. The van der Waals surface area contributed by atoms with Crippen LogP contribution in [0.4, 0.5) is 0 Å². The van der Waals surface area contributed by atoms with Crippen LogP contribution < -0.4 is 10.1 Å². The van der Waals surface area contributed by atoms with E-state index in [-0.39, 0.29) is 5.91 Å². The highest BCUT2D eigenvalue weighted by Gasteiger charge is 2.20. The standard InChI is InChI=1S/C16H18N2O2S/c1-11-18-14(10-21-11)7-16(19)17-8-12-6-13-4-2-3-5-15(13)20-9-12/h2-5,10,12H,6-9H2,1H3,(H,17,19)/t12-/m1/s1. The molecular weight excluding hydrogens is 284 g/mol. The van der Waals surface area contributed by atoms with E-state index in [4.69, 9.17) is 4.74 Å². The molecule has 1 aromatic carbocycles. The number of nitrogens with zero attached hydrogens (tertiary/aromatic N) is 1. The van der Waals surface area contributed by atoms with Gasteiger partial charge in [0.25, 0.3) is 0 Å². The number of aryl methyl sites for hydroxylation is 1. The predicted molar refractivity (Wildman–Crippen MR) is 82.7 cm³/mol. The molecule has 0 spiro atoms. The molecular formula is C16H18N2O2S. The van der Waals surface area contributed by atoms with E-state index >= 15 is 0 Å². The molecule has 4 nitrogen and oxygen atoms in total. The van der Waals surface area contributed by atoms with Crippen LogP contribution in [0.5, 0.6) is 5.75 Å². The highest BCUT2D eigenvalue weighted by molar-refractivity contribution is 7.09. The van der Waals surface area contributed by atoms with Crippen molar-refractivity contribution >= 4 is 17.2 Å². The monoisotopic (exact) mass is 302 g/mol. The fraction of sp³-hybridized carbons (Fsp3) is 0.375. The van der Waals surface area contributed by atoms with E-state index in [0.29, 0.717) is 25.5 Å². The molecule has 1 aliphatic heterocycles. The smallest absolute Gasteiger partial charge is 0.226 e. The van der Waals surface area contributed by atoms with Gasteiger partial charge >= 0.3 is 0 Å². The molecule has 0 fully saturated rings. The summed E-state index contributed by atoms with van der Waals surface area (Å²) in [5.41, 5.74) is 2.07. The minimum atomic E-state index is 0.0270. The summed E-state index contributed by atoms with van der Waals surface area (Å²) in [6, 6.07) is 8.08. The Balaban J connectivity index is 1.49. The number of para-hydroxylation sites is 1. The maximum atomic E-state index is 11.9. The molecule has 21 heavy (non-hydrogen) atoms. The van der Waals surface area contributed by atoms with E-state index in [2.05, 4.69) is 16.4 Å². The van der Waals surface area contributed by atoms with Crippen molar-refractivity contribution in [1.82, 2.24) is 10.3 Å². The molecule has 2 heterocycles. The molecule has 2 aromatic rings. The highest BCUT2D eigenvalue weighted by atomic mass is 32.1. The average molecular weight is 302 g/mol. The Morgan fingerprint density at radius 2 is 2.33 bits per heavy atom. The van der Waals surface area contributed by atoms with E-state index in [1.54, 1.807) is 11.3 Å². The van der Waals surface area contributed by atoms with Crippen LogP contribution in [0.2, 0.25) is 0 Å². The molecule has 1 amide bonds. The summed E-state index contributed by atoms with van der Waals surface area (Å²) < 4.78 is 5.73. The Morgan fingerprint density at radius 3 is 3.14 bits per heavy atom. The molecule has 5 heteroatoms. The van der Waals surface area contributed by atoms with Crippen LogP contribution in [-0.4, -0.2) is 24.0 Å². The third-order valence-electron chi connectivity index (χ3n) is 3.55. The van der Waals surface area contributed by atoms with Crippen molar-refractivity contribution in [3.05, 3.63) is 45.9 Å². The SMILES string of the molecule is Cc1nc(CC(=O)NC[C@@H]2COc3ccccc3C2)cs1. The minimum absolute atomic E-state index is 0.0270. The van der Waals surface area contributed by atoms with E-state index < -0.39 is 0 Å². The lowest BCUT2D eigenvalue weighted by Crippen LogP contribution is -2.35. The number of fused-ring (bicyclic) bond motifs is 1. The summed E-state index contributed by atoms with van der Waals surface area (Å²) in [4.78, 5) is 16.2. The molecule has 0 aliphatic carbocycles. The molecule has 3 rings (SSSR count). The first-order valence-electron chi connectivity index (χ1n) is 7.09. The number of hydrogen-bond donors (Lipinski definition) is 1. The first-order chi connectivity index (χ1) is 10.2. The maximum absolute atomic E-state index is 11.9. The van der Waals surface area contributed by atoms with Crippen molar-refractivity contribution < 1.29 is 9.53 Å². The third-order valence-corrected chi connectivity index (χ3v) is 4.37. The first-order valence-corrected chi connectivity index (χ1v) is 7.97. The number of hydrogen-bond acceptors (Lipinski definition) is 4. The van der Waals surface area contributed by atoms with Crippen LogP contribution in [0, 0.1) is 12.8 Å². The zero-order chi connectivity index (χ0) is 14.7. The van der Waals surface area contributed by atoms with Crippen LogP contribution in [0.15, 0.2) is 29.6 Å². The third kappa shape index (κ3) is 3.61. The number of nitrogens with one attached hydrogen (secondary N) is 1. The molecule has 1 aliphatic rings. The largest absolute Gasteiger partial charge is 0.493 e. The van der Waals surface area contributed by atoms with Gasteiger partial charge in [-0.1, -0.05) is 18.2 Å². The highest BCUT2D eigenvalue weighted by Crippen LogP contribution is 2.26. The van der Waals surface area contributed by atoms with Crippen LogP contribution in [0.25, 0.3) is 0 Å². The van der Waals surface area contributed by atoms with Crippen LogP contribution in [0.3, 0.4) is 0 Å². The molecule has 0 radical (unpaired) electrons. The molecule has 0 saturated heterocycles. The summed E-state index contributed by atoms with van der Waals surface area (Å²) in [6.07, 6.45) is 1.31. The lowest BCUT2D eigenvalue weighted by Gasteiger charge is -2.25. The fourth-order valence-electron chi connectivity index (χ4n) is 2.50. The van der Waals surface area contributed by atoms with Gasteiger partial charge in [0, 0.05) is 17.8 Å². The fourth-order valence-corrected chi connectivity index (χ4v) is 3.11. The van der Waals surface area contributed by atoms with Gasteiger partial charge in [0.1, 0.15) is 5.75 Å². The van der Waals surface area contributed by atoms with E-state index in [1.807, 2.05) is 30.5 Å². The second kappa shape index (κ2) is 6.26. The zero-order valence-corrected chi connectivity index (χ0v) is 12.8. The second-order valence-electron chi connectivity index (χ2n) is 5.33. The number of benzene rings is 1. The van der Waals surface area contributed by atoms with Crippen molar-refractivity contribution in [3.8, 4) is 5.75 Å². The predicted octanol–water partition coefficient (Wildman–Crippen LogP) is 2.36. The molecule has 0 unspecified atom stereocenters. The number of aromatic nitrogens is 1. The maximum Gasteiger partial charge on any atom is 0.226 e. The topological polar surface area (TPSA) is 51.2 Å². The number of rotatable bonds is 4. The zero-order valence-electron chi connectivity index (χ0n) is 12.0. The number of carbonyl (C=O) groups is 1. The lowest BCUT2D eigenvalue weighted by atomic mass is 9.97. The van der Waals surface area contributed by atoms with Crippen LogP contribution in [-0.2, 0) is 17.6 Å². The van der Waals surface area contributed by atoms with Gasteiger partial charge in [-0.05, 0) is 25.0 Å². The quantitative estimate of drug-likeness (QED) is 0.943. The van der Waals surface area contributed by atoms with Gasteiger partial charge in [0.2, 0.25) is 5.91 Å². The van der Waals surface area contributed by atoms with Gasteiger partial charge in [-0.2, -0.15) is 0 Å². The number of ether oxygens (including phenoxy) is 1. The Bertz CT molecular complexity index is 639. The van der Waals surface area contributed by atoms with Gasteiger partial charge in [0.05, 0.1) is 23.7 Å². The number of carbonyl (C=O) groups excluding carboxylic acids is 1. The van der Waals surface area contributed by atoms with E-state index in [1.165, 1.54) is 5.56 Å². The van der Waals surface area contributed by atoms with E-state index in [0.717, 1.165) is 22.9 Å². The van der Waals surface area contributed by atoms with Gasteiger partial charge in [-0.25, -0.2) is 4.98 Å². The molecule has 1 N–H and O–H groups in total. The van der Waals surface area contributed by atoms with Crippen molar-refractivity contribution in [3.63, 3.8) is 0 Å². The van der Waals surface area contributed by atoms with Crippen molar-refractivity contribution in [2.45, 2.75) is 19.8 Å². The van der Waals surface area contributed by atoms with Crippen LogP contribution >= 0.6 is 11.3 Å². The summed E-state index contributed by atoms with van der Waals surface area (Å²) >= 11 is 1.57. The number of amides is 1. The summed E-state index contributed by atoms with van der Waals surface area (Å²) in [6.45, 7) is 3.26. The van der Waals surface area contributed by atoms with Crippen LogP contribution in [0.1, 0.15) is 16.3 Å². The molecule has 1 atom stereocenters. The van der Waals surface area contributed by atoms with Gasteiger partial charge in [-0.15, -0.1) is 11.3 Å². The summed E-state index contributed by atoms with van der Waals surface area (Å²) in [5, 5.41) is 5.92. The normalized spacial score (nSPS) is 16.9. The minimum Gasteiger partial charge on any atom is -0.493 e. The van der Waals surface area contributed by atoms with E-state index in [9.17, 15) is 4.79 Å². The van der Waals surface area contributed by atoms with Crippen molar-refractivity contribution in [2.24, 2.45) is 5.92 Å². The lowest BCUT2D eigenvalue weighted by molar-refractivity contribution is -0.120. The summed E-state index contributed by atoms with van der Waals surface area (Å²) in [5.74, 6) is 1.33. The Labute approximate surface area is 128 Å². The second-order valence-corrected chi connectivity index (χ2v) is 6.39. The molecule has 110 valence electrons. The Morgan fingerprint density at radius 1 is 1.48 bits per heavy atom. The Hall–Kier alpha value is -1.88. The van der Waals surface area contributed by atoms with Gasteiger partial charge < -0.3 is 10.1 Å². The van der Waals surface area contributed by atoms with Gasteiger partial charge in [0.15, 0.2) is 0 Å². The molecule has 0 saturated carbocycles. The van der Waals surface area contributed by atoms with Gasteiger partial charge in [-0.3, -0.25) is 4.79 Å². The Kier molecular flexibility index (Phi) is 4.20. The summed E-state index contributed by atoms with van der Waals surface area (Å²) in [7, 11) is 0. The average Bonchev–Trinajstić information content (AvgIpc) is 2.90.